The third-order valence-electron chi connectivity index (χ3n) is 2.21. The quantitative estimate of drug-likeness (QED) is 0.483. The molecule has 9 heteroatoms. The first-order valence-corrected chi connectivity index (χ1v) is 5.76. The summed E-state index contributed by atoms with van der Waals surface area (Å²) < 4.78 is 6.36. The number of carbonyl (C=O) groups is 1. The summed E-state index contributed by atoms with van der Waals surface area (Å²) in [5.41, 5.74) is -0.294. The number of rotatable bonds is 3. The molecular formula is C10H7BrN4O4. The SMILES string of the molecule is COC(=O)c1ccc([N+](=O)[O-])c(-n2cc(Br)cn2)n1. The molecule has 8 nitrogen and oxygen atoms in total. The Kier molecular flexibility index (Phi) is 3.56. The van der Waals surface area contributed by atoms with Crippen molar-refractivity contribution in [3.8, 4) is 5.82 Å². The second kappa shape index (κ2) is 5.14. The fourth-order valence-corrected chi connectivity index (χ4v) is 1.67. The van der Waals surface area contributed by atoms with Gasteiger partial charge in [0, 0.05) is 12.3 Å². The maximum absolute atomic E-state index is 11.4. The molecule has 0 aliphatic carbocycles. The van der Waals surface area contributed by atoms with E-state index in [0.29, 0.717) is 4.47 Å². The molecule has 0 aromatic carbocycles. The fourth-order valence-electron chi connectivity index (χ4n) is 1.39. The minimum atomic E-state index is -0.678. The predicted molar refractivity (Wildman–Crippen MR) is 67.1 cm³/mol. The van der Waals surface area contributed by atoms with Crippen molar-refractivity contribution < 1.29 is 14.5 Å². The summed E-state index contributed by atoms with van der Waals surface area (Å²) in [5, 5.41) is 14.9. The molecule has 0 aliphatic heterocycles. The Morgan fingerprint density at radius 2 is 2.26 bits per heavy atom. The molecule has 98 valence electrons. The van der Waals surface area contributed by atoms with Crippen LogP contribution in [0.15, 0.2) is 29.0 Å². The third-order valence-corrected chi connectivity index (χ3v) is 2.62. The largest absolute Gasteiger partial charge is 0.464 e. The predicted octanol–water partition coefficient (Wildman–Crippen LogP) is 1.72. The van der Waals surface area contributed by atoms with Gasteiger partial charge in [0.25, 0.3) is 0 Å². The minimum absolute atomic E-state index is 0.0327. The lowest BCUT2D eigenvalue weighted by Gasteiger charge is -2.04. The summed E-state index contributed by atoms with van der Waals surface area (Å²) in [4.78, 5) is 25.7. The topological polar surface area (TPSA) is 100 Å². The molecule has 2 aromatic rings. The number of esters is 1. The average molecular weight is 327 g/mol. The molecule has 0 radical (unpaired) electrons. The highest BCUT2D eigenvalue weighted by Gasteiger charge is 2.21. The zero-order valence-electron chi connectivity index (χ0n) is 9.61. The maximum Gasteiger partial charge on any atom is 0.356 e. The van der Waals surface area contributed by atoms with Gasteiger partial charge >= 0.3 is 11.7 Å². The number of hydrogen-bond acceptors (Lipinski definition) is 6. The first-order valence-electron chi connectivity index (χ1n) is 4.97. The molecule has 0 bridgehead atoms. The van der Waals surface area contributed by atoms with Crippen molar-refractivity contribution in [1.29, 1.82) is 0 Å². The molecule has 2 aromatic heterocycles. The number of halogens is 1. The molecule has 0 amide bonds. The molecule has 0 atom stereocenters. The highest BCUT2D eigenvalue weighted by Crippen LogP contribution is 2.22. The Morgan fingerprint density at radius 3 is 2.79 bits per heavy atom. The Hall–Kier alpha value is -2.29. The number of pyridine rings is 1. The van der Waals surface area contributed by atoms with E-state index < -0.39 is 10.9 Å². The zero-order chi connectivity index (χ0) is 14.0. The van der Waals surface area contributed by atoms with Crippen molar-refractivity contribution in [1.82, 2.24) is 14.8 Å². The highest BCUT2D eigenvalue weighted by molar-refractivity contribution is 9.10. The monoisotopic (exact) mass is 326 g/mol. The Labute approximate surface area is 115 Å². The van der Waals surface area contributed by atoms with E-state index in [1.807, 2.05) is 0 Å². The molecular weight excluding hydrogens is 320 g/mol. The van der Waals surface area contributed by atoms with Crippen LogP contribution in [0, 0.1) is 10.1 Å². The smallest absolute Gasteiger partial charge is 0.356 e. The molecule has 0 saturated heterocycles. The van der Waals surface area contributed by atoms with Gasteiger partial charge < -0.3 is 4.74 Å². The number of nitro groups is 1. The molecule has 0 spiro atoms. The Balaban J connectivity index is 2.60. The van der Waals surface area contributed by atoms with Crippen LogP contribution in [0.25, 0.3) is 5.82 Å². The molecule has 0 aliphatic rings. The van der Waals surface area contributed by atoms with Crippen molar-refractivity contribution in [3.63, 3.8) is 0 Å². The van der Waals surface area contributed by atoms with Crippen LogP contribution >= 0.6 is 15.9 Å². The number of nitrogens with zero attached hydrogens (tertiary/aromatic N) is 4. The van der Waals surface area contributed by atoms with Crippen LogP contribution in [0.5, 0.6) is 0 Å². The van der Waals surface area contributed by atoms with Crippen LogP contribution in [-0.4, -0.2) is 32.8 Å². The lowest BCUT2D eigenvalue weighted by molar-refractivity contribution is -0.384. The lowest BCUT2D eigenvalue weighted by Crippen LogP contribution is -2.10. The number of ether oxygens (including phenoxy) is 1. The molecule has 0 N–H and O–H groups in total. The van der Waals surface area contributed by atoms with E-state index in [-0.39, 0.29) is 17.2 Å². The van der Waals surface area contributed by atoms with E-state index in [2.05, 4.69) is 30.7 Å². The lowest BCUT2D eigenvalue weighted by atomic mass is 10.3. The third kappa shape index (κ3) is 2.60. The number of aromatic nitrogens is 3. The van der Waals surface area contributed by atoms with Crippen molar-refractivity contribution >= 4 is 27.6 Å². The summed E-state index contributed by atoms with van der Waals surface area (Å²) in [5.74, 6) is -0.735. The van der Waals surface area contributed by atoms with Gasteiger partial charge in [-0.3, -0.25) is 10.1 Å². The molecule has 0 fully saturated rings. The standard InChI is InChI=1S/C10H7BrN4O4/c1-19-10(16)7-2-3-8(15(17)18)9(13-7)14-5-6(11)4-12-14/h2-5H,1H3. The van der Waals surface area contributed by atoms with Crippen LogP contribution in [-0.2, 0) is 4.74 Å². The van der Waals surface area contributed by atoms with Gasteiger partial charge in [-0.15, -0.1) is 0 Å². The van der Waals surface area contributed by atoms with Crippen LogP contribution in [0.4, 0.5) is 5.69 Å². The van der Waals surface area contributed by atoms with E-state index in [9.17, 15) is 14.9 Å². The normalized spacial score (nSPS) is 10.2. The Bertz CT molecular complexity index is 655. The highest BCUT2D eigenvalue weighted by atomic mass is 79.9. The Morgan fingerprint density at radius 1 is 1.53 bits per heavy atom. The first kappa shape index (κ1) is 13.1. The summed E-state index contributed by atoms with van der Waals surface area (Å²) in [7, 11) is 1.20. The molecule has 0 unspecified atom stereocenters. The number of hydrogen-bond donors (Lipinski definition) is 0. The van der Waals surface area contributed by atoms with E-state index in [0.717, 1.165) is 0 Å². The zero-order valence-corrected chi connectivity index (χ0v) is 11.2. The average Bonchev–Trinajstić information content (AvgIpc) is 2.83. The van der Waals surface area contributed by atoms with Crippen LogP contribution in [0.2, 0.25) is 0 Å². The summed E-state index contributed by atoms with van der Waals surface area (Å²) in [6.45, 7) is 0. The first-order chi connectivity index (χ1) is 9.02. The van der Waals surface area contributed by atoms with Gasteiger partial charge in [0.1, 0.15) is 0 Å². The fraction of sp³-hybridized carbons (Fsp3) is 0.100. The molecule has 19 heavy (non-hydrogen) atoms. The van der Waals surface area contributed by atoms with E-state index >= 15 is 0 Å². The number of methoxy groups -OCH3 is 1. The van der Waals surface area contributed by atoms with Gasteiger partial charge in [-0.1, -0.05) is 0 Å². The van der Waals surface area contributed by atoms with Gasteiger partial charge in [-0.05, 0) is 22.0 Å². The maximum atomic E-state index is 11.4. The van der Waals surface area contributed by atoms with Crippen molar-refractivity contribution in [2.24, 2.45) is 0 Å². The van der Waals surface area contributed by atoms with Gasteiger partial charge in [0.05, 0.1) is 22.7 Å². The summed E-state index contributed by atoms with van der Waals surface area (Å²) >= 11 is 3.18. The van der Waals surface area contributed by atoms with Gasteiger partial charge in [-0.25, -0.2) is 14.5 Å². The van der Waals surface area contributed by atoms with Gasteiger partial charge in [0.2, 0.25) is 5.82 Å². The van der Waals surface area contributed by atoms with Crippen LogP contribution in [0.1, 0.15) is 10.5 Å². The van der Waals surface area contributed by atoms with Gasteiger partial charge in [-0.2, -0.15) is 5.10 Å². The van der Waals surface area contributed by atoms with Crippen molar-refractivity contribution in [2.75, 3.05) is 7.11 Å². The van der Waals surface area contributed by atoms with Crippen molar-refractivity contribution in [3.05, 3.63) is 44.8 Å². The van der Waals surface area contributed by atoms with E-state index in [4.69, 9.17) is 0 Å². The minimum Gasteiger partial charge on any atom is -0.464 e. The van der Waals surface area contributed by atoms with E-state index in [1.54, 1.807) is 0 Å². The molecule has 0 saturated carbocycles. The second-order valence-electron chi connectivity index (χ2n) is 3.39. The van der Waals surface area contributed by atoms with E-state index in [1.165, 1.54) is 36.3 Å². The summed E-state index contributed by atoms with van der Waals surface area (Å²) in [6.07, 6.45) is 2.95. The number of carbonyl (C=O) groups excluding carboxylic acids is 1. The molecule has 2 rings (SSSR count). The summed E-state index contributed by atoms with van der Waals surface area (Å²) in [6, 6.07) is 2.41. The van der Waals surface area contributed by atoms with Gasteiger partial charge in [0.15, 0.2) is 5.69 Å². The van der Waals surface area contributed by atoms with Crippen molar-refractivity contribution in [2.45, 2.75) is 0 Å². The van der Waals surface area contributed by atoms with Crippen LogP contribution in [0.3, 0.4) is 0 Å². The molecule has 2 heterocycles. The second-order valence-corrected chi connectivity index (χ2v) is 4.31. The van der Waals surface area contributed by atoms with Crippen LogP contribution < -0.4 is 0 Å².